The van der Waals surface area contributed by atoms with Crippen molar-refractivity contribution in [3.8, 4) is 12.3 Å². The zero-order valence-corrected chi connectivity index (χ0v) is 23.7. The molecular formula is C31H26N2O6S2. The summed E-state index contributed by atoms with van der Waals surface area (Å²) >= 11 is 2.78. The summed E-state index contributed by atoms with van der Waals surface area (Å²) in [6.07, 6.45) is 3.91. The summed E-state index contributed by atoms with van der Waals surface area (Å²) in [4.78, 5) is 54.1. The van der Waals surface area contributed by atoms with E-state index in [0.717, 1.165) is 16.0 Å². The number of β-lactam (4-membered cyclic amide) rings is 1. The lowest BCUT2D eigenvalue weighted by Gasteiger charge is -2.50. The number of terminal acetylenes is 1. The van der Waals surface area contributed by atoms with Crippen LogP contribution in [0.3, 0.4) is 0 Å². The Labute approximate surface area is 245 Å². The van der Waals surface area contributed by atoms with E-state index in [0.29, 0.717) is 0 Å². The molecule has 1 fully saturated rings. The quantitative estimate of drug-likeness (QED) is 0.231. The minimum absolute atomic E-state index is 0.0661. The number of ether oxygens (including phenoxy) is 2. The number of fused-ring (bicyclic) bond motifs is 1. The molecular weight excluding hydrogens is 560 g/mol. The highest BCUT2D eigenvalue weighted by Gasteiger charge is 2.55. The van der Waals surface area contributed by atoms with Gasteiger partial charge in [0.2, 0.25) is 5.91 Å². The molecule has 8 nitrogen and oxygen atoms in total. The molecule has 2 aliphatic rings. The normalized spacial score (nSPS) is 18.6. The number of thiophene rings is 1. The fourth-order valence-corrected chi connectivity index (χ4v) is 6.82. The van der Waals surface area contributed by atoms with E-state index < -0.39 is 41.5 Å². The molecule has 0 spiro atoms. The topological polar surface area (TPSA) is 102 Å². The Bertz CT molecular complexity index is 1480. The van der Waals surface area contributed by atoms with Gasteiger partial charge in [-0.2, -0.15) is 0 Å². The molecule has 1 unspecified atom stereocenters. The highest BCUT2D eigenvalue weighted by molar-refractivity contribution is 8.00. The summed E-state index contributed by atoms with van der Waals surface area (Å²) < 4.78 is 11.4. The van der Waals surface area contributed by atoms with Crippen LogP contribution in [-0.2, 0) is 35.1 Å². The number of nitrogens with one attached hydrogen (secondary N) is 1. The molecule has 41 heavy (non-hydrogen) atoms. The van der Waals surface area contributed by atoms with E-state index in [1.165, 1.54) is 34.9 Å². The number of nitrogens with zero attached hydrogens (tertiary/aromatic N) is 1. The van der Waals surface area contributed by atoms with Crippen molar-refractivity contribution >= 4 is 46.9 Å². The fourth-order valence-electron chi connectivity index (χ4n) is 4.75. The van der Waals surface area contributed by atoms with E-state index in [1.807, 2.05) is 78.2 Å². The Balaban J connectivity index is 1.46. The Hall–Kier alpha value is -4.33. The molecule has 0 bridgehead atoms. The first-order chi connectivity index (χ1) is 19.9. The number of hydrogen-bond acceptors (Lipinski definition) is 8. The van der Waals surface area contributed by atoms with Gasteiger partial charge >= 0.3 is 11.9 Å². The van der Waals surface area contributed by atoms with Crippen LogP contribution >= 0.6 is 23.1 Å². The molecule has 2 aliphatic heterocycles. The molecule has 1 aromatic heterocycles. The smallest absolute Gasteiger partial charge is 0.356 e. The maximum atomic E-state index is 14.0. The van der Waals surface area contributed by atoms with Crippen LogP contribution in [0.2, 0.25) is 0 Å². The van der Waals surface area contributed by atoms with Crippen LogP contribution in [0, 0.1) is 12.3 Å². The second kappa shape index (κ2) is 12.5. The molecule has 3 aromatic rings. The number of benzene rings is 2. The second-order valence-corrected chi connectivity index (χ2v) is 11.5. The SMILES string of the molecule is C#CC(OC(C)=O)C1=C(C(=O)OC(c2ccccc2)c2ccccc2)N2C(=O)[C@H](NC(=O)Cc3cccs3)[C@H]2SC1. The molecule has 3 atom stereocenters. The lowest BCUT2D eigenvalue weighted by atomic mass is 9.99. The molecule has 2 aromatic carbocycles. The third-order valence-electron chi connectivity index (χ3n) is 6.60. The van der Waals surface area contributed by atoms with Crippen molar-refractivity contribution in [2.75, 3.05) is 5.75 Å². The van der Waals surface area contributed by atoms with Crippen molar-refractivity contribution in [2.24, 2.45) is 0 Å². The Morgan fingerprint density at radius 3 is 2.24 bits per heavy atom. The fraction of sp³-hybridized carbons (Fsp3) is 0.226. The number of esters is 2. The van der Waals surface area contributed by atoms with Crippen LogP contribution in [-0.4, -0.2) is 51.9 Å². The van der Waals surface area contributed by atoms with Crippen molar-refractivity contribution in [3.05, 3.63) is 105 Å². The zero-order valence-electron chi connectivity index (χ0n) is 22.0. The monoisotopic (exact) mass is 586 g/mol. The number of thioether (sulfide) groups is 1. The van der Waals surface area contributed by atoms with Gasteiger partial charge in [0.1, 0.15) is 17.1 Å². The molecule has 2 amide bonds. The van der Waals surface area contributed by atoms with Crippen LogP contribution in [0.5, 0.6) is 0 Å². The standard InChI is InChI=1S/C31H26N2O6S2/c1-3-24(38-19(2)34)23-18-41-30-26(32-25(35)17-22-15-10-16-40-22)29(36)33(30)27(23)31(37)39-28(20-11-6-4-7-12-20)21-13-8-5-9-14-21/h1,4-16,24,26,28,30H,17-18H2,2H3,(H,32,35)/t24?,26-,30+/m0/s1. The molecule has 0 radical (unpaired) electrons. The van der Waals surface area contributed by atoms with Crippen LogP contribution in [0.25, 0.3) is 0 Å². The van der Waals surface area contributed by atoms with Gasteiger partial charge in [0, 0.05) is 23.1 Å². The van der Waals surface area contributed by atoms with E-state index in [1.54, 1.807) is 0 Å². The number of carbonyl (C=O) groups is 4. The second-order valence-electron chi connectivity index (χ2n) is 9.35. The molecule has 1 saturated heterocycles. The van der Waals surface area contributed by atoms with Gasteiger partial charge in [0.25, 0.3) is 5.91 Å². The predicted octanol–water partition coefficient (Wildman–Crippen LogP) is 3.84. The van der Waals surface area contributed by atoms with E-state index in [9.17, 15) is 19.2 Å². The average molecular weight is 587 g/mol. The minimum Gasteiger partial charge on any atom is -0.448 e. The summed E-state index contributed by atoms with van der Waals surface area (Å²) in [5.41, 5.74) is 1.69. The van der Waals surface area contributed by atoms with Gasteiger partial charge in [-0.05, 0) is 22.6 Å². The van der Waals surface area contributed by atoms with Gasteiger partial charge in [0.15, 0.2) is 12.2 Å². The molecule has 1 N–H and O–H groups in total. The van der Waals surface area contributed by atoms with E-state index in [-0.39, 0.29) is 29.4 Å². The first kappa shape index (κ1) is 28.2. The van der Waals surface area contributed by atoms with Crippen molar-refractivity contribution in [1.82, 2.24) is 10.2 Å². The summed E-state index contributed by atoms with van der Waals surface area (Å²) in [5.74, 6) is 0.439. The van der Waals surface area contributed by atoms with Gasteiger partial charge in [-0.15, -0.1) is 29.5 Å². The Morgan fingerprint density at radius 1 is 1.02 bits per heavy atom. The molecule has 0 saturated carbocycles. The van der Waals surface area contributed by atoms with Crippen LogP contribution in [0.15, 0.2) is 89.4 Å². The largest absolute Gasteiger partial charge is 0.448 e. The van der Waals surface area contributed by atoms with Gasteiger partial charge in [0.05, 0.1) is 6.42 Å². The van der Waals surface area contributed by atoms with E-state index >= 15 is 0 Å². The van der Waals surface area contributed by atoms with E-state index in [4.69, 9.17) is 15.9 Å². The van der Waals surface area contributed by atoms with Crippen molar-refractivity contribution in [3.63, 3.8) is 0 Å². The number of carbonyl (C=O) groups excluding carboxylic acids is 4. The van der Waals surface area contributed by atoms with Crippen molar-refractivity contribution < 1.29 is 28.7 Å². The van der Waals surface area contributed by atoms with Crippen molar-refractivity contribution in [1.29, 1.82) is 0 Å². The minimum atomic E-state index is -1.17. The van der Waals surface area contributed by atoms with Gasteiger partial charge in [-0.25, -0.2) is 4.79 Å². The first-order valence-corrected chi connectivity index (χ1v) is 14.7. The predicted molar refractivity (Wildman–Crippen MR) is 155 cm³/mol. The molecule has 10 heteroatoms. The lowest BCUT2D eigenvalue weighted by Crippen LogP contribution is -2.71. The average Bonchev–Trinajstić information content (AvgIpc) is 3.50. The summed E-state index contributed by atoms with van der Waals surface area (Å²) in [5, 5.41) is 4.13. The van der Waals surface area contributed by atoms with Gasteiger partial charge in [-0.3, -0.25) is 19.3 Å². The highest BCUT2D eigenvalue weighted by Crippen LogP contribution is 2.43. The molecule has 3 heterocycles. The Morgan fingerprint density at radius 2 is 1.68 bits per heavy atom. The lowest BCUT2D eigenvalue weighted by molar-refractivity contribution is -0.155. The van der Waals surface area contributed by atoms with Gasteiger partial charge in [-0.1, -0.05) is 72.7 Å². The van der Waals surface area contributed by atoms with Crippen LogP contribution < -0.4 is 5.32 Å². The highest BCUT2D eigenvalue weighted by atomic mass is 32.2. The number of rotatable bonds is 9. The van der Waals surface area contributed by atoms with Gasteiger partial charge < -0.3 is 14.8 Å². The molecule has 0 aliphatic carbocycles. The number of hydrogen-bond donors (Lipinski definition) is 1. The van der Waals surface area contributed by atoms with Crippen molar-refractivity contribution in [2.45, 2.75) is 37.0 Å². The summed E-state index contributed by atoms with van der Waals surface area (Å²) in [7, 11) is 0. The van der Waals surface area contributed by atoms with E-state index in [2.05, 4.69) is 11.2 Å². The first-order valence-electron chi connectivity index (χ1n) is 12.8. The third-order valence-corrected chi connectivity index (χ3v) is 8.78. The zero-order chi connectivity index (χ0) is 28.9. The van der Waals surface area contributed by atoms with Crippen LogP contribution in [0.1, 0.15) is 29.0 Å². The summed E-state index contributed by atoms with van der Waals surface area (Å²) in [6, 6.07) is 21.3. The molecule has 208 valence electrons. The maximum absolute atomic E-state index is 14.0. The Kier molecular flexibility index (Phi) is 8.57. The molecule has 5 rings (SSSR count). The van der Waals surface area contributed by atoms with Crippen LogP contribution in [0.4, 0.5) is 0 Å². The third kappa shape index (κ3) is 6.06. The maximum Gasteiger partial charge on any atom is 0.356 e. The summed E-state index contributed by atoms with van der Waals surface area (Å²) in [6.45, 7) is 1.22. The number of amides is 2.